The minimum absolute atomic E-state index is 0.0658. The maximum Gasteiger partial charge on any atom is 0.352 e. The lowest BCUT2D eigenvalue weighted by Gasteiger charge is -2.31. The number of carbonyl (C=O) groups is 2. The van der Waals surface area contributed by atoms with E-state index in [0.717, 1.165) is 15.3 Å². The van der Waals surface area contributed by atoms with Crippen LogP contribution in [0.1, 0.15) is 35.8 Å². The number of rotatable bonds is 6. The van der Waals surface area contributed by atoms with Crippen LogP contribution in [0.25, 0.3) is 5.69 Å². The van der Waals surface area contributed by atoms with E-state index in [1.807, 2.05) is 0 Å². The van der Waals surface area contributed by atoms with Crippen LogP contribution in [0.4, 0.5) is 4.39 Å². The summed E-state index contributed by atoms with van der Waals surface area (Å²) in [4.78, 5) is 53.5. The van der Waals surface area contributed by atoms with Crippen molar-refractivity contribution in [2.24, 2.45) is 5.92 Å². The molecule has 1 amide bonds. The second-order valence-corrected chi connectivity index (χ2v) is 8.21. The summed E-state index contributed by atoms with van der Waals surface area (Å²) in [6, 6.07) is 14.2. The van der Waals surface area contributed by atoms with Crippen molar-refractivity contribution < 1.29 is 18.7 Å². The molecule has 1 aliphatic heterocycles. The third-order valence-electron chi connectivity index (χ3n) is 5.86. The van der Waals surface area contributed by atoms with Crippen molar-refractivity contribution in [3.8, 4) is 5.69 Å². The Balaban J connectivity index is 1.79. The largest absolute Gasteiger partial charge is 0.466 e. The van der Waals surface area contributed by atoms with E-state index >= 15 is 0 Å². The Bertz CT molecular complexity index is 1350. The number of piperidine rings is 1. The highest BCUT2D eigenvalue weighted by Gasteiger charge is 2.32. The van der Waals surface area contributed by atoms with Gasteiger partial charge in [0.1, 0.15) is 11.5 Å². The first kappa shape index (κ1) is 24.1. The van der Waals surface area contributed by atoms with Gasteiger partial charge in [-0.05, 0) is 37.5 Å². The molecule has 0 saturated carbocycles. The summed E-state index contributed by atoms with van der Waals surface area (Å²) < 4.78 is 21.3. The smallest absolute Gasteiger partial charge is 0.352 e. The molecule has 3 aromatic rings. The molecule has 0 unspecified atom stereocenters. The molecule has 0 aliphatic carbocycles. The molecule has 4 rings (SSSR count). The second kappa shape index (κ2) is 10.5. The van der Waals surface area contributed by atoms with Crippen LogP contribution in [-0.4, -0.2) is 50.8 Å². The Morgan fingerprint density at radius 1 is 1.09 bits per heavy atom. The van der Waals surface area contributed by atoms with Gasteiger partial charge in [0.15, 0.2) is 0 Å². The molecule has 1 saturated heterocycles. The van der Waals surface area contributed by atoms with E-state index in [1.54, 1.807) is 37.3 Å². The van der Waals surface area contributed by atoms with Crippen LogP contribution in [0, 0.1) is 11.7 Å². The van der Waals surface area contributed by atoms with E-state index in [2.05, 4.69) is 5.10 Å². The lowest BCUT2D eigenvalue weighted by molar-refractivity contribution is -0.149. The molecule has 182 valence electrons. The number of benzene rings is 2. The van der Waals surface area contributed by atoms with Gasteiger partial charge in [-0.25, -0.2) is 9.18 Å². The number of hydrogen-bond donors (Lipinski definition) is 0. The third-order valence-corrected chi connectivity index (χ3v) is 5.86. The summed E-state index contributed by atoms with van der Waals surface area (Å²) in [6.07, 6.45) is 1.10. The number of esters is 1. The van der Waals surface area contributed by atoms with Crippen LogP contribution in [0.15, 0.2) is 64.2 Å². The number of carbonyl (C=O) groups excluding carboxylic acids is 2. The SMILES string of the molecule is CCOC(=O)[C@H]1CCCN(C(=O)c2nn(-c3ccccc3F)c(=O)n(Cc3ccccc3)c2=O)C1. The van der Waals surface area contributed by atoms with E-state index in [9.17, 15) is 23.6 Å². The molecule has 1 atom stereocenters. The zero-order chi connectivity index (χ0) is 24.9. The molecular weight excluding hydrogens is 455 g/mol. The number of nitrogens with zero attached hydrogens (tertiary/aromatic N) is 4. The summed E-state index contributed by atoms with van der Waals surface area (Å²) in [6.45, 7) is 2.18. The Hall–Kier alpha value is -4.08. The van der Waals surface area contributed by atoms with Gasteiger partial charge in [-0.3, -0.25) is 19.0 Å². The summed E-state index contributed by atoms with van der Waals surface area (Å²) >= 11 is 0. The van der Waals surface area contributed by atoms with Gasteiger partial charge in [0.05, 0.1) is 19.1 Å². The van der Waals surface area contributed by atoms with Gasteiger partial charge in [-0.1, -0.05) is 42.5 Å². The van der Waals surface area contributed by atoms with E-state index in [0.29, 0.717) is 24.9 Å². The summed E-state index contributed by atoms with van der Waals surface area (Å²) in [5.41, 5.74) is -1.81. The first-order valence-corrected chi connectivity index (χ1v) is 11.4. The van der Waals surface area contributed by atoms with E-state index in [1.165, 1.54) is 23.1 Å². The summed E-state index contributed by atoms with van der Waals surface area (Å²) in [5.74, 6) is -2.38. The number of hydrogen-bond acceptors (Lipinski definition) is 6. The Morgan fingerprint density at radius 2 is 1.80 bits per heavy atom. The number of para-hydroxylation sites is 1. The fourth-order valence-corrected chi connectivity index (χ4v) is 4.10. The predicted octanol–water partition coefficient (Wildman–Crippen LogP) is 2.00. The molecule has 35 heavy (non-hydrogen) atoms. The standard InChI is InChI=1S/C25H25FN4O5/c1-2-35-24(33)18-11-8-14-28(16-18)22(31)21-23(32)29(15-17-9-4-3-5-10-17)25(34)30(27-21)20-13-7-6-12-19(20)26/h3-7,9-10,12-13,18H,2,8,11,14-16H2,1H3/t18-/m0/s1. The lowest BCUT2D eigenvalue weighted by Crippen LogP contribution is -2.49. The lowest BCUT2D eigenvalue weighted by atomic mass is 9.98. The van der Waals surface area contributed by atoms with Gasteiger partial charge in [-0.15, -0.1) is 0 Å². The highest BCUT2D eigenvalue weighted by molar-refractivity contribution is 5.92. The van der Waals surface area contributed by atoms with Gasteiger partial charge < -0.3 is 9.64 Å². The quantitative estimate of drug-likeness (QED) is 0.500. The topological polar surface area (TPSA) is 104 Å². The average molecular weight is 480 g/mol. The fraction of sp³-hybridized carbons (Fsp3) is 0.320. The zero-order valence-corrected chi connectivity index (χ0v) is 19.2. The molecule has 0 spiro atoms. The Kier molecular flexibility index (Phi) is 7.19. The Morgan fingerprint density at radius 3 is 2.51 bits per heavy atom. The highest BCUT2D eigenvalue weighted by atomic mass is 19.1. The molecule has 1 aromatic heterocycles. The molecular formula is C25H25FN4O5. The summed E-state index contributed by atoms with van der Waals surface area (Å²) in [7, 11) is 0. The normalized spacial score (nSPS) is 15.6. The number of likely N-dealkylation sites (tertiary alicyclic amines) is 1. The van der Waals surface area contributed by atoms with Gasteiger partial charge in [0.2, 0.25) is 5.69 Å². The fourth-order valence-electron chi connectivity index (χ4n) is 4.10. The van der Waals surface area contributed by atoms with Crippen LogP contribution in [0.5, 0.6) is 0 Å². The number of aromatic nitrogens is 3. The number of ether oxygens (including phenoxy) is 1. The van der Waals surface area contributed by atoms with E-state index in [-0.39, 0.29) is 25.4 Å². The van der Waals surface area contributed by atoms with Gasteiger partial charge in [-0.2, -0.15) is 9.78 Å². The van der Waals surface area contributed by atoms with Crippen LogP contribution in [-0.2, 0) is 16.1 Å². The molecule has 10 heteroatoms. The average Bonchev–Trinajstić information content (AvgIpc) is 2.88. The van der Waals surface area contributed by atoms with Crippen molar-refractivity contribution in [3.05, 3.63) is 92.5 Å². The summed E-state index contributed by atoms with van der Waals surface area (Å²) in [5, 5.41) is 4.01. The van der Waals surface area contributed by atoms with E-state index in [4.69, 9.17) is 4.74 Å². The van der Waals surface area contributed by atoms with Crippen molar-refractivity contribution in [2.45, 2.75) is 26.3 Å². The van der Waals surface area contributed by atoms with Crippen LogP contribution in [0.3, 0.4) is 0 Å². The van der Waals surface area contributed by atoms with Crippen molar-refractivity contribution in [1.82, 2.24) is 19.2 Å². The molecule has 2 aromatic carbocycles. The van der Waals surface area contributed by atoms with E-state index < -0.39 is 40.6 Å². The third kappa shape index (κ3) is 5.06. The van der Waals surface area contributed by atoms with Gasteiger partial charge in [0, 0.05) is 13.1 Å². The molecule has 0 bridgehead atoms. The second-order valence-electron chi connectivity index (χ2n) is 8.21. The van der Waals surface area contributed by atoms with Crippen LogP contribution in [0.2, 0.25) is 0 Å². The van der Waals surface area contributed by atoms with Gasteiger partial charge in [0.25, 0.3) is 11.5 Å². The zero-order valence-electron chi connectivity index (χ0n) is 19.2. The molecule has 0 radical (unpaired) electrons. The molecule has 0 N–H and O–H groups in total. The first-order valence-electron chi connectivity index (χ1n) is 11.4. The predicted molar refractivity (Wildman–Crippen MR) is 125 cm³/mol. The molecule has 1 aliphatic rings. The Labute approximate surface area is 200 Å². The first-order chi connectivity index (χ1) is 16.9. The minimum Gasteiger partial charge on any atom is -0.466 e. The van der Waals surface area contributed by atoms with Crippen molar-refractivity contribution >= 4 is 11.9 Å². The number of amides is 1. The molecule has 9 nitrogen and oxygen atoms in total. The van der Waals surface area contributed by atoms with Crippen LogP contribution >= 0.6 is 0 Å². The number of halogens is 1. The molecule has 1 fully saturated rings. The van der Waals surface area contributed by atoms with Gasteiger partial charge >= 0.3 is 11.7 Å². The van der Waals surface area contributed by atoms with Crippen molar-refractivity contribution in [3.63, 3.8) is 0 Å². The van der Waals surface area contributed by atoms with Crippen molar-refractivity contribution in [1.29, 1.82) is 0 Å². The van der Waals surface area contributed by atoms with Crippen molar-refractivity contribution in [2.75, 3.05) is 19.7 Å². The van der Waals surface area contributed by atoms with Crippen LogP contribution < -0.4 is 11.2 Å². The minimum atomic E-state index is -0.880. The monoisotopic (exact) mass is 480 g/mol. The molecule has 2 heterocycles. The maximum absolute atomic E-state index is 14.6. The highest BCUT2D eigenvalue weighted by Crippen LogP contribution is 2.19. The maximum atomic E-state index is 14.6.